The Labute approximate surface area is 102 Å². The summed E-state index contributed by atoms with van der Waals surface area (Å²) in [6.07, 6.45) is 2.22. The van der Waals surface area contributed by atoms with Gasteiger partial charge < -0.3 is 4.43 Å². The molecular formula is C13H22OSi2. The quantitative estimate of drug-likeness (QED) is 0.581. The molecule has 3 heteroatoms. The highest BCUT2D eigenvalue weighted by Gasteiger charge is 2.19. The first-order valence-electron chi connectivity index (χ1n) is 5.84. The predicted molar refractivity (Wildman–Crippen MR) is 77.7 cm³/mol. The van der Waals surface area contributed by atoms with Gasteiger partial charge in [-0.15, -0.1) is 0 Å². The minimum Gasteiger partial charge on any atom is -0.552 e. The van der Waals surface area contributed by atoms with Crippen molar-refractivity contribution in [1.29, 1.82) is 0 Å². The average Bonchev–Trinajstić information content (AvgIpc) is 2.16. The molecule has 0 radical (unpaired) electrons. The van der Waals surface area contributed by atoms with Crippen LogP contribution in [-0.2, 0) is 4.43 Å². The van der Waals surface area contributed by atoms with Crippen molar-refractivity contribution >= 4 is 23.2 Å². The molecule has 88 valence electrons. The van der Waals surface area contributed by atoms with Crippen molar-refractivity contribution in [3.63, 3.8) is 0 Å². The zero-order chi connectivity index (χ0) is 12.2. The lowest BCUT2D eigenvalue weighted by Crippen LogP contribution is -2.28. The van der Waals surface area contributed by atoms with E-state index in [1.165, 1.54) is 10.9 Å². The Bertz CT molecular complexity index is 350. The standard InChI is InChI=1S/C13H22OSi2/c1-15(2)13(14-16(3,4)5)11-12-9-7-6-8-10-12/h6-11,15H,1-5H3. The van der Waals surface area contributed by atoms with Gasteiger partial charge in [0.25, 0.3) is 0 Å². The third kappa shape index (κ3) is 4.81. The van der Waals surface area contributed by atoms with Crippen LogP contribution in [0.3, 0.4) is 0 Å². The van der Waals surface area contributed by atoms with Crippen LogP contribution in [-0.4, -0.2) is 17.1 Å². The van der Waals surface area contributed by atoms with E-state index in [0.717, 1.165) is 0 Å². The number of benzene rings is 1. The molecular weight excluding hydrogens is 228 g/mol. The lowest BCUT2D eigenvalue weighted by atomic mass is 10.2. The number of hydrogen-bond acceptors (Lipinski definition) is 1. The normalized spacial score (nSPS) is 13.0. The van der Waals surface area contributed by atoms with Gasteiger partial charge in [-0.05, 0) is 31.3 Å². The van der Waals surface area contributed by atoms with Gasteiger partial charge in [0, 0.05) is 0 Å². The second-order valence-corrected chi connectivity index (χ2v) is 12.6. The summed E-state index contributed by atoms with van der Waals surface area (Å²) < 4.78 is 6.16. The first-order chi connectivity index (χ1) is 7.38. The van der Waals surface area contributed by atoms with Crippen LogP contribution in [0.4, 0.5) is 0 Å². The Morgan fingerprint density at radius 1 is 1.12 bits per heavy atom. The topological polar surface area (TPSA) is 9.23 Å². The summed E-state index contributed by atoms with van der Waals surface area (Å²) in [6, 6.07) is 10.4. The fraction of sp³-hybridized carbons (Fsp3) is 0.385. The largest absolute Gasteiger partial charge is 0.552 e. The molecule has 0 aromatic heterocycles. The molecule has 0 heterocycles. The lowest BCUT2D eigenvalue weighted by Gasteiger charge is -2.24. The maximum absolute atomic E-state index is 6.16. The van der Waals surface area contributed by atoms with Gasteiger partial charge in [-0.3, -0.25) is 0 Å². The smallest absolute Gasteiger partial charge is 0.241 e. The van der Waals surface area contributed by atoms with E-state index in [-0.39, 0.29) is 0 Å². The van der Waals surface area contributed by atoms with Crippen LogP contribution in [0.5, 0.6) is 0 Å². The Hall–Kier alpha value is -0.806. The van der Waals surface area contributed by atoms with Gasteiger partial charge in [-0.25, -0.2) is 0 Å². The van der Waals surface area contributed by atoms with E-state index in [2.05, 4.69) is 63.1 Å². The van der Waals surface area contributed by atoms with Crippen LogP contribution in [0, 0.1) is 0 Å². The van der Waals surface area contributed by atoms with E-state index in [9.17, 15) is 0 Å². The lowest BCUT2D eigenvalue weighted by molar-refractivity contribution is 0.460. The fourth-order valence-electron chi connectivity index (χ4n) is 1.38. The Morgan fingerprint density at radius 2 is 1.69 bits per heavy atom. The second kappa shape index (κ2) is 5.50. The summed E-state index contributed by atoms with van der Waals surface area (Å²) in [5.41, 5.74) is 1.25. The zero-order valence-electron chi connectivity index (χ0n) is 10.9. The van der Waals surface area contributed by atoms with Crippen molar-refractivity contribution in [2.24, 2.45) is 0 Å². The van der Waals surface area contributed by atoms with Crippen LogP contribution in [0.1, 0.15) is 5.56 Å². The maximum Gasteiger partial charge on any atom is 0.241 e. The molecule has 1 nitrogen and oxygen atoms in total. The molecule has 16 heavy (non-hydrogen) atoms. The zero-order valence-corrected chi connectivity index (χ0v) is 13.1. The molecule has 0 amide bonds. The molecule has 0 bridgehead atoms. The van der Waals surface area contributed by atoms with Crippen molar-refractivity contribution < 1.29 is 4.43 Å². The first kappa shape index (κ1) is 13.3. The van der Waals surface area contributed by atoms with E-state index < -0.39 is 17.1 Å². The molecule has 1 aromatic carbocycles. The van der Waals surface area contributed by atoms with Crippen molar-refractivity contribution in [2.45, 2.75) is 32.7 Å². The summed E-state index contributed by atoms with van der Waals surface area (Å²) in [5.74, 6) is 0. The minimum atomic E-state index is -1.47. The van der Waals surface area contributed by atoms with E-state index in [1.54, 1.807) is 0 Å². The molecule has 0 aliphatic carbocycles. The average molecular weight is 250 g/mol. The molecule has 0 saturated heterocycles. The highest BCUT2D eigenvalue weighted by Crippen LogP contribution is 2.16. The van der Waals surface area contributed by atoms with E-state index in [4.69, 9.17) is 4.43 Å². The number of rotatable bonds is 4. The van der Waals surface area contributed by atoms with Crippen molar-refractivity contribution in [3.8, 4) is 0 Å². The molecule has 0 N–H and O–H groups in total. The van der Waals surface area contributed by atoms with Crippen LogP contribution < -0.4 is 0 Å². The monoisotopic (exact) mass is 250 g/mol. The van der Waals surface area contributed by atoms with Crippen molar-refractivity contribution in [2.75, 3.05) is 0 Å². The van der Waals surface area contributed by atoms with Gasteiger partial charge in [0.15, 0.2) is 0 Å². The summed E-state index contributed by atoms with van der Waals surface area (Å²) in [4.78, 5) is 0. The van der Waals surface area contributed by atoms with Gasteiger partial charge in [-0.1, -0.05) is 43.4 Å². The van der Waals surface area contributed by atoms with Crippen LogP contribution >= 0.6 is 0 Å². The first-order valence-corrected chi connectivity index (χ1v) is 12.1. The Kier molecular flexibility index (Phi) is 4.56. The maximum atomic E-state index is 6.16. The van der Waals surface area contributed by atoms with Gasteiger partial charge in [0.1, 0.15) is 8.80 Å². The molecule has 0 unspecified atom stereocenters. The molecule has 1 aromatic rings. The van der Waals surface area contributed by atoms with Gasteiger partial charge in [-0.2, -0.15) is 0 Å². The summed E-state index contributed by atoms with van der Waals surface area (Å²) >= 11 is 0. The Balaban J connectivity index is 2.90. The van der Waals surface area contributed by atoms with Crippen LogP contribution in [0.2, 0.25) is 32.7 Å². The predicted octanol–water partition coefficient (Wildman–Crippen LogP) is 3.90. The third-order valence-corrected chi connectivity index (χ3v) is 4.61. The van der Waals surface area contributed by atoms with Gasteiger partial charge in [0.05, 0.1) is 5.38 Å². The van der Waals surface area contributed by atoms with Crippen LogP contribution in [0.25, 0.3) is 6.08 Å². The molecule has 0 fully saturated rings. The van der Waals surface area contributed by atoms with Gasteiger partial charge >= 0.3 is 0 Å². The molecule has 0 spiro atoms. The van der Waals surface area contributed by atoms with E-state index >= 15 is 0 Å². The molecule has 1 rings (SSSR count). The summed E-state index contributed by atoms with van der Waals surface area (Å²) in [6.45, 7) is 11.3. The molecule has 0 aliphatic heterocycles. The van der Waals surface area contributed by atoms with Crippen LogP contribution in [0.15, 0.2) is 35.7 Å². The molecule has 0 saturated carbocycles. The SMILES string of the molecule is C[SiH](C)C(=Cc1ccccc1)O[Si](C)(C)C. The highest BCUT2D eigenvalue weighted by atomic mass is 28.4. The molecule has 0 aliphatic rings. The van der Waals surface area contributed by atoms with Crippen molar-refractivity contribution in [3.05, 3.63) is 41.3 Å². The summed E-state index contributed by atoms with van der Waals surface area (Å²) in [7, 11) is -2.35. The van der Waals surface area contributed by atoms with Gasteiger partial charge in [0.2, 0.25) is 8.32 Å². The third-order valence-electron chi connectivity index (χ3n) is 2.10. The highest BCUT2D eigenvalue weighted by molar-refractivity contribution is 6.73. The van der Waals surface area contributed by atoms with E-state index in [1.807, 2.05) is 6.07 Å². The summed E-state index contributed by atoms with van der Waals surface area (Å²) in [5, 5.41) is 1.24. The second-order valence-electron chi connectivity index (χ2n) is 5.33. The van der Waals surface area contributed by atoms with E-state index in [0.29, 0.717) is 0 Å². The minimum absolute atomic E-state index is 0.881. The number of hydrogen-bond donors (Lipinski definition) is 0. The fourth-order valence-corrected chi connectivity index (χ4v) is 4.68. The molecule has 0 atom stereocenters. The Morgan fingerprint density at radius 3 is 2.12 bits per heavy atom. The van der Waals surface area contributed by atoms with Crippen molar-refractivity contribution in [1.82, 2.24) is 0 Å².